The lowest BCUT2D eigenvalue weighted by Crippen LogP contribution is -2.31. The summed E-state index contributed by atoms with van der Waals surface area (Å²) in [4.78, 5) is 26.7. The van der Waals surface area contributed by atoms with Crippen molar-refractivity contribution in [2.45, 2.75) is 12.5 Å². The molecule has 6 nitrogen and oxygen atoms in total. The molecule has 1 aliphatic heterocycles. The van der Waals surface area contributed by atoms with Gasteiger partial charge in [-0.3, -0.25) is 9.59 Å². The standard InChI is InChI=1S/C21H21NO5/c1-27-16-10-8-14(9-11-16)18-17(19(24)15-6-3-2-4-7-15)20(25)21(26)22(18)12-5-13-23/h2-4,6-11,18,23-24H,5,12-13H2,1H3/b19-17+/t18-/m1/s1. The Morgan fingerprint density at radius 3 is 2.33 bits per heavy atom. The Kier molecular flexibility index (Phi) is 5.57. The lowest BCUT2D eigenvalue weighted by molar-refractivity contribution is -0.140. The van der Waals surface area contributed by atoms with Crippen molar-refractivity contribution in [3.63, 3.8) is 0 Å². The summed E-state index contributed by atoms with van der Waals surface area (Å²) in [6.07, 6.45) is 0.338. The molecule has 0 unspecified atom stereocenters. The van der Waals surface area contributed by atoms with Gasteiger partial charge in [-0.2, -0.15) is 0 Å². The third-order valence-corrected chi connectivity index (χ3v) is 4.58. The number of carbonyl (C=O) groups excluding carboxylic acids is 2. The molecule has 3 rings (SSSR count). The summed E-state index contributed by atoms with van der Waals surface area (Å²) >= 11 is 0. The largest absolute Gasteiger partial charge is 0.507 e. The molecule has 2 N–H and O–H groups in total. The molecule has 1 aliphatic rings. The van der Waals surface area contributed by atoms with E-state index in [4.69, 9.17) is 9.84 Å². The zero-order valence-corrected chi connectivity index (χ0v) is 15.0. The van der Waals surface area contributed by atoms with Crippen LogP contribution >= 0.6 is 0 Å². The molecule has 2 aromatic carbocycles. The fourth-order valence-electron chi connectivity index (χ4n) is 3.24. The van der Waals surface area contributed by atoms with E-state index in [-0.39, 0.29) is 24.5 Å². The monoisotopic (exact) mass is 367 g/mol. The maximum atomic E-state index is 12.7. The minimum absolute atomic E-state index is 0.0503. The summed E-state index contributed by atoms with van der Waals surface area (Å²) < 4.78 is 5.17. The maximum absolute atomic E-state index is 12.7. The molecule has 0 aromatic heterocycles. The van der Waals surface area contributed by atoms with Crippen LogP contribution in [0.5, 0.6) is 5.75 Å². The maximum Gasteiger partial charge on any atom is 0.295 e. The first-order valence-corrected chi connectivity index (χ1v) is 8.67. The lowest BCUT2D eigenvalue weighted by Gasteiger charge is -2.25. The molecule has 1 fully saturated rings. The molecule has 1 amide bonds. The quantitative estimate of drug-likeness (QED) is 0.465. The van der Waals surface area contributed by atoms with Crippen LogP contribution in [0.25, 0.3) is 5.76 Å². The number of carbonyl (C=O) groups is 2. The van der Waals surface area contributed by atoms with Crippen LogP contribution in [0.15, 0.2) is 60.2 Å². The van der Waals surface area contributed by atoms with Gasteiger partial charge in [-0.15, -0.1) is 0 Å². The molecular weight excluding hydrogens is 346 g/mol. The van der Waals surface area contributed by atoms with Gasteiger partial charge in [-0.25, -0.2) is 0 Å². The molecule has 2 aromatic rings. The number of hydrogen-bond donors (Lipinski definition) is 2. The highest BCUT2D eigenvalue weighted by atomic mass is 16.5. The summed E-state index contributed by atoms with van der Waals surface area (Å²) in [6, 6.07) is 15.0. The van der Waals surface area contributed by atoms with Crippen LogP contribution in [-0.4, -0.2) is 47.1 Å². The zero-order chi connectivity index (χ0) is 19.4. The fraction of sp³-hybridized carbons (Fsp3) is 0.238. The Hall–Kier alpha value is -3.12. The Labute approximate surface area is 157 Å². The van der Waals surface area contributed by atoms with Crippen LogP contribution in [0.4, 0.5) is 0 Å². The lowest BCUT2D eigenvalue weighted by atomic mass is 9.95. The molecule has 1 heterocycles. The normalized spacial score (nSPS) is 18.7. The van der Waals surface area contributed by atoms with E-state index in [2.05, 4.69) is 0 Å². The Morgan fingerprint density at radius 2 is 1.74 bits per heavy atom. The van der Waals surface area contributed by atoms with E-state index in [9.17, 15) is 14.7 Å². The van der Waals surface area contributed by atoms with E-state index in [1.807, 2.05) is 0 Å². The van der Waals surface area contributed by atoms with Gasteiger partial charge >= 0.3 is 0 Å². The first-order chi connectivity index (χ1) is 13.1. The first kappa shape index (κ1) is 18.7. The van der Waals surface area contributed by atoms with Crippen molar-refractivity contribution in [2.24, 2.45) is 0 Å². The molecule has 0 bridgehead atoms. The molecule has 1 atom stereocenters. The summed E-state index contributed by atoms with van der Waals surface area (Å²) in [5.41, 5.74) is 1.20. The van der Waals surface area contributed by atoms with Gasteiger partial charge in [0.15, 0.2) is 0 Å². The van der Waals surface area contributed by atoms with Gasteiger partial charge in [0.05, 0.1) is 18.7 Å². The van der Waals surface area contributed by atoms with Gasteiger partial charge in [0.1, 0.15) is 11.5 Å². The molecule has 0 saturated carbocycles. The molecule has 140 valence electrons. The topological polar surface area (TPSA) is 87.1 Å². The van der Waals surface area contributed by atoms with E-state index >= 15 is 0 Å². The van der Waals surface area contributed by atoms with E-state index < -0.39 is 17.7 Å². The number of rotatable bonds is 6. The van der Waals surface area contributed by atoms with Gasteiger partial charge in [0.25, 0.3) is 11.7 Å². The predicted octanol–water partition coefficient (Wildman–Crippen LogP) is 2.50. The fourth-order valence-corrected chi connectivity index (χ4v) is 3.24. The smallest absolute Gasteiger partial charge is 0.295 e. The molecular formula is C21H21NO5. The zero-order valence-electron chi connectivity index (χ0n) is 15.0. The van der Waals surface area contributed by atoms with E-state index in [0.717, 1.165) is 0 Å². The highest BCUT2D eigenvalue weighted by Gasteiger charge is 2.45. The second-order valence-electron chi connectivity index (χ2n) is 6.21. The van der Waals surface area contributed by atoms with Crippen molar-refractivity contribution >= 4 is 17.4 Å². The van der Waals surface area contributed by atoms with Gasteiger partial charge in [0, 0.05) is 18.7 Å². The minimum Gasteiger partial charge on any atom is -0.507 e. The van der Waals surface area contributed by atoms with Gasteiger partial charge < -0.3 is 19.8 Å². The number of benzene rings is 2. The third-order valence-electron chi connectivity index (χ3n) is 4.58. The Balaban J connectivity index is 2.13. The number of ether oxygens (including phenoxy) is 1. The summed E-state index contributed by atoms with van der Waals surface area (Å²) in [5, 5.41) is 19.9. The number of nitrogens with zero attached hydrogens (tertiary/aromatic N) is 1. The number of hydrogen-bond acceptors (Lipinski definition) is 5. The Bertz CT molecular complexity index is 858. The van der Waals surface area contributed by atoms with E-state index in [1.54, 1.807) is 61.7 Å². The van der Waals surface area contributed by atoms with Crippen molar-refractivity contribution < 1.29 is 24.5 Å². The van der Waals surface area contributed by atoms with Crippen molar-refractivity contribution in [1.29, 1.82) is 0 Å². The molecule has 27 heavy (non-hydrogen) atoms. The van der Waals surface area contributed by atoms with Crippen molar-refractivity contribution in [3.05, 3.63) is 71.3 Å². The van der Waals surface area contributed by atoms with Gasteiger partial charge in [-0.05, 0) is 24.1 Å². The van der Waals surface area contributed by atoms with Crippen molar-refractivity contribution in [1.82, 2.24) is 4.90 Å². The minimum atomic E-state index is -0.727. The van der Waals surface area contributed by atoms with E-state index in [0.29, 0.717) is 23.3 Å². The highest BCUT2D eigenvalue weighted by Crippen LogP contribution is 2.39. The van der Waals surface area contributed by atoms with Gasteiger partial charge in [0.2, 0.25) is 0 Å². The average Bonchev–Trinajstić information content (AvgIpc) is 2.97. The average molecular weight is 367 g/mol. The molecule has 0 radical (unpaired) electrons. The highest BCUT2D eigenvalue weighted by molar-refractivity contribution is 6.46. The number of methoxy groups -OCH3 is 1. The second-order valence-corrected chi connectivity index (χ2v) is 6.21. The molecule has 0 aliphatic carbocycles. The van der Waals surface area contributed by atoms with Crippen LogP contribution in [0.3, 0.4) is 0 Å². The molecule has 6 heteroatoms. The first-order valence-electron chi connectivity index (χ1n) is 8.67. The second kappa shape index (κ2) is 8.05. The number of ketones is 1. The molecule has 0 spiro atoms. The number of aliphatic hydroxyl groups excluding tert-OH is 2. The Morgan fingerprint density at radius 1 is 1.07 bits per heavy atom. The number of amides is 1. The van der Waals surface area contributed by atoms with Crippen LogP contribution < -0.4 is 4.74 Å². The summed E-state index contributed by atoms with van der Waals surface area (Å²) in [5.74, 6) is -0.966. The van der Waals surface area contributed by atoms with Crippen LogP contribution in [0.1, 0.15) is 23.6 Å². The van der Waals surface area contributed by atoms with Crippen LogP contribution in [-0.2, 0) is 9.59 Å². The van der Waals surface area contributed by atoms with Gasteiger partial charge in [-0.1, -0.05) is 42.5 Å². The van der Waals surface area contributed by atoms with Crippen LogP contribution in [0.2, 0.25) is 0 Å². The number of Topliss-reactive ketones (excluding diaryl/α,β-unsaturated/α-hetero) is 1. The van der Waals surface area contributed by atoms with E-state index in [1.165, 1.54) is 4.90 Å². The number of aliphatic hydroxyl groups is 2. The molecule has 1 saturated heterocycles. The number of likely N-dealkylation sites (tertiary alicyclic amines) is 1. The third kappa shape index (κ3) is 3.57. The summed E-state index contributed by atoms with van der Waals surface area (Å²) in [7, 11) is 1.55. The summed E-state index contributed by atoms with van der Waals surface area (Å²) in [6.45, 7) is 0.111. The van der Waals surface area contributed by atoms with Crippen molar-refractivity contribution in [3.8, 4) is 5.75 Å². The predicted molar refractivity (Wildman–Crippen MR) is 100 cm³/mol. The van der Waals surface area contributed by atoms with Crippen molar-refractivity contribution in [2.75, 3.05) is 20.3 Å². The SMILES string of the molecule is COc1ccc([C@@H]2/C(=C(\O)c3ccccc3)C(=O)C(=O)N2CCCO)cc1. The van der Waals surface area contributed by atoms with Crippen LogP contribution in [0, 0.1) is 0 Å².